The first kappa shape index (κ1) is 34.5. The number of rotatable bonds is 5. The number of para-hydroxylation sites is 3. The Bertz CT molecular complexity index is 3850. The fourth-order valence-corrected chi connectivity index (χ4v) is 9.86. The Morgan fingerprint density at radius 1 is 0.274 bits per heavy atom. The molecule has 0 unspecified atom stereocenters. The zero-order valence-electron chi connectivity index (χ0n) is 33.4. The van der Waals surface area contributed by atoms with Gasteiger partial charge >= 0.3 is 0 Å². The third kappa shape index (κ3) is 5.12. The van der Waals surface area contributed by atoms with Gasteiger partial charge in [-0.25, -0.2) is 15.0 Å². The van der Waals surface area contributed by atoms with Gasteiger partial charge in [0, 0.05) is 49.3 Å². The van der Waals surface area contributed by atoms with Gasteiger partial charge in [0.2, 0.25) is 0 Å². The van der Waals surface area contributed by atoms with Crippen LogP contribution in [0.15, 0.2) is 212 Å². The zero-order chi connectivity index (χ0) is 40.7. The van der Waals surface area contributed by atoms with Gasteiger partial charge in [-0.15, -0.1) is 0 Å². The molecule has 5 heteroatoms. The summed E-state index contributed by atoms with van der Waals surface area (Å²) in [4.78, 5) is 15.3. The van der Waals surface area contributed by atoms with Crippen molar-refractivity contribution < 1.29 is 0 Å². The van der Waals surface area contributed by atoms with Gasteiger partial charge < -0.3 is 9.13 Å². The van der Waals surface area contributed by atoms with Crippen molar-refractivity contribution in [1.29, 1.82) is 0 Å². The second kappa shape index (κ2) is 13.6. The summed E-state index contributed by atoms with van der Waals surface area (Å²) in [7, 11) is 0. The molecular weight excluding hydrogens is 755 g/mol. The molecule has 13 aromatic rings. The number of aromatic nitrogens is 5. The van der Waals surface area contributed by atoms with Crippen molar-refractivity contribution in [1.82, 2.24) is 24.1 Å². The monoisotopic (exact) mass is 789 g/mol. The Hall–Kier alpha value is -8.41. The minimum atomic E-state index is 0.631. The highest BCUT2D eigenvalue weighted by Gasteiger charge is 2.23. The number of nitrogens with zero attached hydrogens (tertiary/aromatic N) is 5. The Kier molecular flexibility index (Phi) is 7.54. The summed E-state index contributed by atoms with van der Waals surface area (Å²) in [5.41, 5.74) is 9.79. The van der Waals surface area contributed by atoms with Crippen LogP contribution in [0, 0.1) is 0 Å². The van der Waals surface area contributed by atoms with E-state index in [1.54, 1.807) is 0 Å². The Balaban J connectivity index is 1.14. The van der Waals surface area contributed by atoms with Crippen LogP contribution in [0.5, 0.6) is 0 Å². The molecule has 5 nitrogen and oxygen atoms in total. The molecule has 0 amide bonds. The van der Waals surface area contributed by atoms with Gasteiger partial charge in [0.15, 0.2) is 17.5 Å². The molecule has 13 rings (SSSR count). The fraction of sp³-hybridized carbons (Fsp3) is 0. The molecule has 0 N–H and O–H groups in total. The van der Waals surface area contributed by atoms with Crippen molar-refractivity contribution >= 4 is 75.9 Å². The normalized spacial score (nSPS) is 11.9. The highest BCUT2D eigenvalue weighted by Crippen LogP contribution is 2.45. The van der Waals surface area contributed by atoms with Gasteiger partial charge in [0.25, 0.3) is 0 Å². The smallest absolute Gasteiger partial charge is 0.164 e. The van der Waals surface area contributed by atoms with Crippen molar-refractivity contribution in [2.75, 3.05) is 0 Å². The first-order valence-electron chi connectivity index (χ1n) is 21.0. The fourth-order valence-electron chi connectivity index (χ4n) is 9.86. The van der Waals surface area contributed by atoms with E-state index in [2.05, 4.69) is 185 Å². The Morgan fingerprint density at radius 2 is 0.774 bits per heavy atom. The van der Waals surface area contributed by atoms with Crippen LogP contribution in [0.3, 0.4) is 0 Å². The first-order valence-corrected chi connectivity index (χ1v) is 21.0. The molecule has 0 bridgehead atoms. The minimum Gasteiger partial charge on any atom is -0.309 e. The van der Waals surface area contributed by atoms with E-state index >= 15 is 0 Å². The predicted molar refractivity (Wildman–Crippen MR) is 257 cm³/mol. The molecule has 10 aromatic carbocycles. The average molecular weight is 790 g/mol. The quantitative estimate of drug-likeness (QED) is 0.163. The van der Waals surface area contributed by atoms with E-state index in [0.29, 0.717) is 17.5 Å². The summed E-state index contributed by atoms with van der Waals surface area (Å²) in [5.74, 6) is 1.91. The van der Waals surface area contributed by atoms with Crippen molar-refractivity contribution in [2.24, 2.45) is 0 Å². The van der Waals surface area contributed by atoms with Crippen molar-refractivity contribution in [3.63, 3.8) is 0 Å². The predicted octanol–water partition coefficient (Wildman–Crippen LogP) is 14.5. The molecular formula is C57H35N5. The van der Waals surface area contributed by atoms with Crippen LogP contribution in [0.4, 0.5) is 0 Å². The van der Waals surface area contributed by atoms with Crippen LogP contribution in [0.25, 0.3) is 121 Å². The van der Waals surface area contributed by atoms with Gasteiger partial charge in [0.1, 0.15) is 0 Å². The van der Waals surface area contributed by atoms with E-state index in [-0.39, 0.29) is 0 Å². The molecule has 0 aliphatic carbocycles. The standard InChI is InChI=1S/C57H35N5/c1-4-17-36(18-5-1)55-58-56(37-19-6-2-7-20-37)60-57(59-55)38-31-32-42-40-23-10-11-24-41(40)44-27-16-30-50(52(44)47(42)35-38)62-49-29-15-13-26-46(49)53-51(62)34-33-45-43-25-12-14-28-48(43)61(54(45)53)39-21-8-3-9-22-39/h1-35H. The molecule has 0 fully saturated rings. The van der Waals surface area contributed by atoms with Gasteiger partial charge in [0.05, 0.1) is 27.8 Å². The van der Waals surface area contributed by atoms with Crippen molar-refractivity contribution in [3.8, 4) is 45.5 Å². The van der Waals surface area contributed by atoms with E-state index < -0.39 is 0 Å². The van der Waals surface area contributed by atoms with Crippen LogP contribution in [0.1, 0.15) is 0 Å². The summed E-state index contributed by atoms with van der Waals surface area (Å²) in [5, 5.41) is 12.0. The van der Waals surface area contributed by atoms with E-state index in [9.17, 15) is 0 Å². The maximum absolute atomic E-state index is 5.15. The maximum atomic E-state index is 5.15. The third-order valence-corrected chi connectivity index (χ3v) is 12.5. The molecule has 0 saturated carbocycles. The second-order valence-corrected chi connectivity index (χ2v) is 15.9. The van der Waals surface area contributed by atoms with Crippen molar-refractivity contribution in [3.05, 3.63) is 212 Å². The molecule has 62 heavy (non-hydrogen) atoms. The maximum Gasteiger partial charge on any atom is 0.164 e. The molecule has 0 atom stereocenters. The highest BCUT2D eigenvalue weighted by molar-refractivity contribution is 6.30. The van der Waals surface area contributed by atoms with Crippen LogP contribution in [-0.4, -0.2) is 24.1 Å². The van der Waals surface area contributed by atoms with Crippen LogP contribution in [0.2, 0.25) is 0 Å². The lowest BCUT2D eigenvalue weighted by atomic mass is 9.92. The molecule has 0 aliphatic heterocycles. The molecule has 3 aromatic heterocycles. The second-order valence-electron chi connectivity index (χ2n) is 15.9. The SMILES string of the molecule is c1ccc(-c2nc(-c3ccccc3)nc(-c3ccc4c5ccccc5c5cccc(-n6c7ccccc7c7c6ccc6c8ccccc8n(-c8ccccc8)c67)c5c4c3)n2)cc1. The van der Waals surface area contributed by atoms with E-state index in [4.69, 9.17) is 15.0 Å². The molecule has 0 saturated heterocycles. The van der Waals surface area contributed by atoms with Crippen LogP contribution in [-0.2, 0) is 0 Å². The minimum absolute atomic E-state index is 0.631. The molecule has 288 valence electrons. The summed E-state index contributed by atoms with van der Waals surface area (Å²) >= 11 is 0. The van der Waals surface area contributed by atoms with E-state index in [0.717, 1.165) is 44.5 Å². The number of fused-ring (bicyclic) bond motifs is 13. The summed E-state index contributed by atoms with van der Waals surface area (Å²) in [6.07, 6.45) is 0. The zero-order valence-corrected chi connectivity index (χ0v) is 33.4. The summed E-state index contributed by atoms with van der Waals surface area (Å²) < 4.78 is 4.94. The van der Waals surface area contributed by atoms with Crippen LogP contribution < -0.4 is 0 Å². The molecule has 0 radical (unpaired) electrons. The molecule has 0 aliphatic rings. The lowest BCUT2D eigenvalue weighted by molar-refractivity contribution is 1.07. The van der Waals surface area contributed by atoms with Gasteiger partial charge in [-0.2, -0.15) is 0 Å². The first-order chi connectivity index (χ1) is 30.8. The molecule has 3 heterocycles. The molecule has 0 spiro atoms. The van der Waals surface area contributed by atoms with Crippen LogP contribution >= 0.6 is 0 Å². The topological polar surface area (TPSA) is 48.5 Å². The summed E-state index contributed by atoms with van der Waals surface area (Å²) in [6.45, 7) is 0. The van der Waals surface area contributed by atoms with Gasteiger partial charge in [-0.1, -0.05) is 170 Å². The van der Waals surface area contributed by atoms with Crippen molar-refractivity contribution in [2.45, 2.75) is 0 Å². The highest BCUT2D eigenvalue weighted by atomic mass is 15.0. The third-order valence-electron chi connectivity index (χ3n) is 12.5. The lowest BCUT2D eigenvalue weighted by Crippen LogP contribution is -2.00. The average Bonchev–Trinajstić information content (AvgIpc) is 3.87. The Morgan fingerprint density at radius 3 is 1.45 bits per heavy atom. The summed E-state index contributed by atoms with van der Waals surface area (Å²) in [6, 6.07) is 75.7. The van der Waals surface area contributed by atoms with E-state index in [1.807, 2.05) is 36.4 Å². The number of benzene rings is 10. The lowest BCUT2D eigenvalue weighted by Gasteiger charge is -2.17. The number of hydrogen-bond donors (Lipinski definition) is 0. The Labute approximate surface area is 356 Å². The van der Waals surface area contributed by atoms with Gasteiger partial charge in [-0.05, 0) is 69.4 Å². The van der Waals surface area contributed by atoms with E-state index in [1.165, 1.54) is 59.5 Å². The largest absolute Gasteiger partial charge is 0.309 e. The van der Waals surface area contributed by atoms with Gasteiger partial charge in [-0.3, -0.25) is 0 Å². The number of hydrogen-bond acceptors (Lipinski definition) is 3.